The summed E-state index contributed by atoms with van der Waals surface area (Å²) in [5.74, 6) is -0.197. The fourth-order valence-electron chi connectivity index (χ4n) is 0.758. The Morgan fingerprint density at radius 1 is 1.29 bits per heavy atom. The van der Waals surface area contributed by atoms with Crippen molar-refractivity contribution in [1.29, 1.82) is 0 Å². The van der Waals surface area contributed by atoms with Gasteiger partial charge in [0, 0.05) is 19.5 Å². The van der Waals surface area contributed by atoms with Gasteiger partial charge >= 0.3 is 5.97 Å². The lowest BCUT2D eigenvalue weighted by molar-refractivity contribution is -0.148. The molecule has 0 heterocycles. The first-order valence-electron chi connectivity index (χ1n) is 4.34. The Bertz CT molecular complexity index is 133. The molecule has 0 unspecified atom stereocenters. The maximum atomic E-state index is 11.0. The molecule has 0 rings (SSSR count). The van der Waals surface area contributed by atoms with Gasteiger partial charge in [-0.15, -0.1) is 24.8 Å². The zero-order chi connectivity index (χ0) is 9.40. The standard InChI is InChI=1S/C8H18N2O2.2ClH/c1-2-3-4-8(11)12-7(5-9)6-10;;/h7H,2-6,9-10H2,1H3;2*1H. The molecular formula is C8H20Cl2N2O2. The number of hydrogen-bond acceptors (Lipinski definition) is 4. The van der Waals surface area contributed by atoms with Gasteiger partial charge in [-0.05, 0) is 6.42 Å². The van der Waals surface area contributed by atoms with Crippen LogP contribution in [0.5, 0.6) is 0 Å². The van der Waals surface area contributed by atoms with Gasteiger partial charge in [-0.25, -0.2) is 0 Å². The Morgan fingerprint density at radius 3 is 2.14 bits per heavy atom. The first-order chi connectivity index (χ1) is 5.74. The summed E-state index contributed by atoms with van der Waals surface area (Å²) < 4.78 is 4.96. The van der Waals surface area contributed by atoms with Crippen LogP contribution in [0.25, 0.3) is 0 Å². The van der Waals surface area contributed by atoms with Crippen LogP contribution in [-0.2, 0) is 9.53 Å². The van der Waals surface area contributed by atoms with Crippen molar-refractivity contribution in [2.45, 2.75) is 32.3 Å². The van der Waals surface area contributed by atoms with Crippen LogP contribution < -0.4 is 11.5 Å². The normalized spacial score (nSPS) is 8.86. The van der Waals surface area contributed by atoms with Gasteiger partial charge in [0.15, 0.2) is 0 Å². The molecule has 0 aliphatic carbocycles. The van der Waals surface area contributed by atoms with Crippen molar-refractivity contribution in [1.82, 2.24) is 0 Å². The first kappa shape index (κ1) is 19.5. The van der Waals surface area contributed by atoms with Crippen LogP contribution in [0.2, 0.25) is 0 Å². The van der Waals surface area contributed by atoms with E-state index in [1.807, 2.05) is 6.92 Å². The number of halogens is 2. The Hall–Kier alpha value is -0.0300. The Labute approximate surface area is 97.6 Å². The summed E-state index contributed by atoms with van der Waals surface area (Å²) in [4.78, 5) is 11.0. The zero-order valence-corrected chi connectivity index (χ0v) is 10.0. The molecule has 6 heteroatoms. The lowest BCUT2D eigenvalue weighted by Crippen LogP contribution is -2.33. The molecule has 0 bridgehead atoms. The molecule has 88 valence electrons. The zero-order valence-electron chi connectivity index (χ0n) is 8.40. The molecule has 0 aromatic rings. The predicted octanol–water partition coefficient (Wildman–Crippen LogP) is 0.849. The van der Waals surface area contributed by atoms with Crippen LogP contribution in [0.1, 0.15) is 26.2 Å². The third kappa shape index (κ3) is 10.1. The Morgan fingerprint density at radius 2 is 1.79 bits per heavy atom. The van der Waals surface area contributed by atoms with Gasteiger partial charge in [0.25, 0.3) is 0 Å². The molecule has 4 nitrogen and oxygen atoms in total. The van der Waals surface area contributed by atoms with Crippen LogP contribution >= 0.6 is 24.8 Å². The van der Waals surface area contributed by atoms with Gasteiger partial charge in [0.1, 0.15) is 6.10 Å². The molecule has 0 aliphatic rings. The van der Waals surface area contributed by atoms with E-state index >= 15 is 0 Å². The molecule has 0 aromatic carbocycles. The minimum Gasteiger partial charge on any atom is -0.460 e. The van der Waals surface area contributed by atoms with Crippen molar-refractivity contribution in [3.05, 3.63) is 0 Å². The quantitative estimate of drug-likeness (QED) is 0.682. The van der Waals surface area contributed by atoms with Crippen molar-refractivity contribution >= 4 is 30.8 Å². The van der Waals surface area contributed by atoms with Crippen molar-refractivity contribution in [3.8, 4) is 0 Å². The number of carbonyl (C=O) groups is 1. The highest BCUT2D eigenvalue weighted by Gasteiger charge is 2.09. The monoisotopic (exact) mass is 246 g/mol. The van der Waals surface area contributed by atoms with E-state index in [9.17, 15) is 4.79 Å². The van der Waals surface area contributed by atoms with E-state index in [0.29, 0.717) is 19.5 Å². The molecule has 0 atom stereocenters. The minimum atomic E-state index is -0.311. The molecule has 0 spiro atoms. The van der Waals surface area contributed by atoms with Crippen LogP contribution in [0, 0.1) is 0 Å². The number of hydrogen-bond donors (Lipinski definition) is 2. The van der Waals surface area contributed by atoms with Gasteiger partial charge in [-0.2, -0.15) is 0 Å². The minimum absolute atomic E-state index is 0. The number of unbranched alkanes of at least 4 members (excludes halogenated alkanes) is 1. The molecule has 0 aliphatic heterocycles. The molecule has 0 saturated heterocycles. The summed E-state index contributed by atoms with van der Waals surface area (Å²) in [6.45, 7) is 2.62. The molecule has 4 N–H and O–H groups in total. The van der Waals surface area contributed by atoms with Crippen LogP contribution in [0.4, 0.5) is 0 Å². The summed E-state index contributed by atoms with van der Waals surface area (Å²) in [6.07, 6.45) is 2.01. The fourth-order valence-corrected chi connectivity index (χ4v) is 0.758. The second-order valence-corrected chi connectivity index (χ2v) is 2.69. The van der Waals surface area contributed by atoms with Gasteiger partial charge in [-0.3, -0.25) is 4.79 Å². The third-order valence-electron chi connectivity index (χ3n) is 1.56. The summed E-state index contributed by atoms with van der Waals surface area (Å²) in [5, 5.41) is 0. The maximum Gasteiger partial charge on any atom is 0.306 e. The second kappa shape index (κ2) is 13.0. The van der Waals surface area contributed by atoms with Gasteiger partial charge in [0.05, 0.1) is 0 Å². The Balaban J connectivity index is -0.000000605. The van der Waals surface area contributed by atoms with Crippen molar-refractivity contribution in [3.63, 3.8) is 0 Å². The van der Waals surface area contributed by atoms with Crippen molar-refractivity contribution in [2.24, 2.45) is 11.5 Å². The van der Waals surface area contributed by atoms with Gasteiger partial charge in [0.2, 0.25) is 0 Å². The topological polar surface area (TPSA) is 78.3 Å². The largest absolute Gasteiger partial charge is 0.460 e. The molecular weight excluding hydrogens is 227 g/mol. The molecule has 0 saturated carbocycles. The van der Waals surface area contributed by atoms with E-state index in [4.69, 9.17) is 16.2 Å². The van der Waals surface area contributed by atoms with E-state index in [2.05, 4.69) is 0 Å². The third-order valence-corrected chi connectivity index (χ3v) is 1.56. The lowest BCUT2D eigenvalue weighted by Gasteiger charge is -2.13. The first-order valence-corrected chi connectivity index (χ1v) is 4.34. The summed E-state index contributed by atoms with van der Waals surface area (Å²) in [7, 11) is 0. The van der Waals surface area contributed by atoms with E-state index in [-0.39, 0.29) is 36.9 Å². The average Bonchev–Trinajstić information content (AvgIpc) is 2.10. The van der Waals surface area contributed by atoms with E-state index in [1.54, 1.807) is 0 Å². The number of nitrogens with two attached hydrogens (primary N) is 2. The fraction of sp³-hybridized carbons (Fsp3) is 0.875. The number of carbonyl (C=O) groups excluding carboxylic acids is 1. The highest BCUT2D eigenvalue weighted by molar-refractivity contribution is 5.85. The smallest absolute Gasteiger partial charge is 0.306 e. The summed E-state index contributed by atoms with van der Waals surface area (Å²) in [6, 6.07) is 0. The van der Waals surface area contributed by atoms with Crippen LogP contribution in [0.15, 0.2) is 0 Å². The van der Waals surface area contributed by atoms with Crippen molar-refractivity contribution < 1.29 is 9.53 Å². The van der Waals surface area contributed by atoms with Crippen molar-refractivity contribution in [2.75, 3.05) is 13.1 Å². The van der Waals surface area contributed by atoms with Crippen LogP contribution in [0.3, 0.4) is 0 Å². The average molecular weight is 247 g/mol. The highest BCUT2D eigenvalue weighted by Crippen LogP contribution is 1.98. The van der Waals surface area contributed by atoms with Gasteiger partial charge in [-0.1, -0.05) is 13.3 Å². The summed E-state index contributed by atoms with van der Waals surface area (Å²) >= 11 is 0. The molecule has 0 aromatic heterocycles. The maximum absolute atomic E-state index is 11.0. The Kier molecular flexibility index (Phi) is 18.1. The highest BCUT2D eigenvalue weighted by atomic mass is 35.5. The number of ether oxygens (including phenoxy) is 1. The number of esters is 1. The van der Waals surface area contributed by atoms with Crippen LogP contribution in [-0.4, -0.2) is 25.2 Å². The SMILES string of the molecule is CCCCC(=O)OC(CN)CN.Cl.Cl. The van der Waals surface area contributed by atoms with E-state index < -0.39 is 0 Å². The second-order valence-electron chi connectivity index (χ2n) is 2.69. The van der Waals surface area contributed by atoms with E-state index in [0.717, 1.165) is 12.8 Å². The number of rotatable bonds is 6. The van der Waals surface area contributed by atoms with Gasteiger partial charge < -0.3 is 16.2 Å². The molecule has 14 heavy (non-hydrogen) atoms. The lowest BCUT2D eigenvalue weighted by atomic mass is 10.2. The predicted molar refractivity (Wildman–Crippen MR) is 62.0 cm³/mol. The molecule has 0 fully saturated rings. The van der Waals surface area contributed by atoms with E-state index in [1.165, 1.54) is 0 Å². The molecule has 0 radical (unpaired) electrons. The summed E-state index contributed by atoms with van der Waals surface area (Å²) in [5.41, 5.74) is 10.6. The molecule has 0 amide bonds.